The molecule has 0 atom stereocenters. The van der Waals surface area contributed by atoms with Crippen molar-refractivity contribution in [2.45, 2.75) is 0 Å². The molecule has 60 heavy (non-hydrogen) atoms. The second kappa shape index (κ2) is 12.7. The van der Waals surface area contributed by atoms with Crippen LogP contribution >= 0.6 is 0 Å². The molecule has 2 aliphatic rings. The van der Waals surface area contributed by atoms with E-state index in [1.807, 2.05) is 48.5 Å². The van der Waals surface area contributed by atoms with Gasteiger partial charge < -0.3 is 37.6 Å². The summed E-state index contributed by atoms with van der Waals surface area (Å²) in [4.78, 5) is 4.46. The van der Waals surface area contributed by atoms with Crippen LogP contribution in [0, 0.1) is 0 Å². The van der Waals surface area contributed by atoms with Gasteiger partial charge in [0, 0.05) is 67.2 Å². The molecule has 0 bridgehead atoms. The predicted octanol–water partition coefficient (Wildman–Crippen LogP) is 14.2. The Labute approximate surface area is 342 Å². The zero-order valence-corrected chi connectivity index (χ0v) is 31.9. The Morgan fingerprint density at radius 2 is 0.717 bits per heavy atom. The van der Waals surface area contributed by atoms with Gasteiger partial charge in [-0.15, -0.1) is 0 Å². The Morgan fingerprint density at radius 1 is 0.317 bits per heavy atom. The maximum Gasteiger partial charge on any atom is 0.231 e. The van der Waals surface area contributed by atoms with E-state index in [0.717, 1.165) is 123 Å². The van der Waals surface area contributed by atoms with Crippen LogP contribution in [0.2, 0.25) is 0 Å². The van der Waals surface area contributed by atoms with E-state index < -0.39 is 0 Å². The highest BCUT2D eigenvalue weighted by atomic mass is 16.7. The summed E-state index contributed by atoms with van der Waals surface area (Å²) in [6, 6.07) is 58.7. The first-order valence-electron chi connectivity index (χ1n) is 19.9. The third-order valence-corrected chi connectivity index (χ3v) is 11.8. The van der Waals surface area contributed by atoms with Crippen LogP contribution in [0.1, 0.15) is 0 Å². The van der Waals surface area contributed by atoms with Gasteiger partial charge in [-0.2, -0.15) is 0 Å². The van der Waals surface area contributed by atoms with E-state index in [0.29, 0.717) is 0 Å². The predicted molar refractivity (Wildman–Crippen MR) is 238 cm³/mol. The minimum atomic E-state index is 0.226. The molecule has 2 aliphatic heterocycles. The summed E-state index contributed by atoms with van der Waals surface area (Å²) in [5, 5.41) is 8.41. The lowest BCUT2D eigenvalue weighted by atomic mass is 10.0. The van der Waals surface area contributed by atoms with E-state index in [9.17, 15) is 0 Å². The first-order chi connectivity index (χ1) is 29.7. The van der Waals surface area contributed by atoms with E-state index in [-0.39, 0.29) is 13.6 Å². The average Bonchev–Trinajstić information content (AvgIpc) is 4.12. The summed E-state index contributed by atoms with van der Waals surface area (Å²) < 4.78 is 36.2. The van der Waals surface area contributed by atoms with Crippen LogP contribution in [-0.4, -0.2) is 13.6 Å². The van der Waals surface area contributed by atoms with Gasteiger partial charge in [0.2, 0.25) is 13.6 Å². The molecule has 0 radical (unpaired) electrons. The van der Waals surface area contributed by atoms with Gasteiger partial charge >= 0.3 is 0 Å². The standard InChI is InChI=1S/C52H32N2O6/c1-3-7-33(8-4-1)53(37-15-21-43-47(27-37)57-29-55-43)35-13-19-39-31(25-35)11-17-41-49-45(59-51(39)41)23-24-46-50(49)42-18-12-32-26-36(14-20-40(32)52(42)60-46)54(34-9-5-2-6-10-34)38-16-22-44-48(28-38)58-30-56-44/h1-28H,29-30H2. The van der Waals surface area contributed by atoms with Crippen molar-refractivity contribution in [3.63, 3.8) is 0 Å². The molecule has 0 amide bonds. The molecule has 0 saturated heterocycles. The SMILES string of the molecule is c1ccc(N(c2ccc3c(c2)OCO3)c2ccc3c(ccc4c3oc3ccc5oc6c7ccc(N(c8ccccc8)c8ccc9c(c8)OCO9)cc7ccc6c5c34)c2)cc1. The van der Waals surface area contributed by atoms with E-state index >= 15 is 0 Å². The quantitative estimate of drug-likeness (QED) is 0.165. The lowest BCUT2D eigenvalue weighted by Crippen LogP contribution is -2.09. The number of furan rings is 2. The zero-order chi connectivity index (χ0) is 39.3. The summed E-state index contributed by atoms with van der Waals surface area (Å²) in [7, 11) is 0. The fraction of sp³-hybridized carbons (Fsp3) is 0.0385. The van der Waals surface area contributed by atoms with Gasteiger partial charge in [0.25, 0.3) is 0 Å². The van der Waals surface area contributed by atoms with Crippen molar-refractivity contribution in [3.8, 4) is 23.0 Å². The molecule has 0 spiro atoms. The minimum absolute atomic E-state index is 0.226. The highest BCUT2D eigenvalue weighted by Crippen LogP contribution is 2.47. The number of hydrogen-bond acceptors (Lipinski definition) is 8. The van der Waals surface area contributed by atoms with Crippen molar-refractivity contribution in [2.75, 3.05) is 23.4 Å². The fourth-order valence-corrected chi connectivity index (χ4v) is 9.06. The van der Waals surface area contributed by atoms with E-state index in [4.69, 9.17) is 27.8 Å². The monoisotopic (exact) mass is 780 g/mol. The maximum absolute atomic E-state index is 6.75. The smallest absolute Gasteiger partial charge is 0.231 e. The van der Waals surface area contributed by atoms with Crippen molar-refractivity contribution >= 4 is 99.5 Å². The van der Waals surface area contributed by atoms with Crippen LogP contribution in [0.15, 0.2) is 179 Å². The van der Waals surface area contributed by atoms with Crippen molar-refractivity contribution in [1.29, 1.82) is 0 Å². The van der Waals surface area contributed by atoms with Crippen LogP contribution in [0.4, 0.5) is 34.1 Å². The minimum Gasteiger partial charge on any atom is -0.455 e. The van der Waals surface area contributed by atoms with Crippen LogP contribution in [0.5, 0.6) is 23.0 Å². The van der Waals surface area contributed by atoms with Gasteiger partial charge in [-0.25, -0.2) is 0 Å². The molecule has 9 aromatic carbocycles. The summed E-state index contributed by atoms with van der Waals surface area (Å²) in [6.45, 7) is 0.453. The molecule has 8 nitrogen and oxygen atoms in total. The molecule has 11 aromatic rings. The Kier molecular flexibility index (Phi) is 6.97. The van der Waals surface area contributed by atoms with Gasteiger partial charge in [0.15, 0.2) is 23.0 Å². The molecule has 0 fully saturated rings. The highest BCUT2D eigenvalue weighted by molar-refractivity contribution is 6.30. The van der Waals surface area contributed by atoms with Gasteiger partial charge in [-0.05, 0) is 120 Å². The van der Waals surface area contributed by atoms with Crippen molar-refractivity contribution in [1.82, 2.24) is 0 Å². The van der Waals surface area contributed by atoms with Crippen LogP contribution in [0.25, 0.3) is 65.4 Å². The Morgan fingerprint density at radius 3 is 1.18 bits per heavy atom. The van der Waals surface area contributed by atoms with E-state index in [2.05, 4.69) is 131 Å². The molecule has 13 rings (SSSR count). The van der Waals surface area contributed by atoms with Gasteiger partial charge in [-0.1, -0.05) is 48.5 Å². The molecular weight excluding hydrogens is 749 g/mol. The zero-order valence-electron chi connectivity index (χ0n) is 31.9. The summed E-state index contributed by atoms with van der Waals surface area (Å²) in [6.07, 6.45) is 0. The second-order valence-electron chi connectivity index (χ2n) is 15.1. The van der Waals surface area contributed by atoms with Gasteiger partial charge in [0.05, 0.1) is 11.4 Å². The third-order valence-electron chi connectivity index (χ3n) is 11.8. The first kappa shape index (κ1) is 32.9. The second-order valence-corrected chi connectivity index (χ2v) is 15.1. The highest BCUT2D eigenvalue weighted by Gasteiger charge is 2.23. The number of rotatable bonds is 6. The van der Waals surface area contributed by atoms with Gasteiger partial charge in [-0.3, -0.25) is 0 Å². The number of nitrogens with zero attached hydrogens (tertiary/aromatic N) is 2. The lowest BCUT2D eigenvalue weighted by Gasteiger charge is -2.26. The average molecular weight is 781 g/mol. The lowest BCUT2D eigenvalue weighted by molar-refractivity contribution is 0.173. The third kappa shape index (κ3) is 4.97. The molecule has 286 valence electrons. The Hall–Kier alpha value is -8.10. The van der Waals surface area contributed by atoms with Crippen LogP contribution in [0.3, 0.4) is 0 Å². The number of benzene rings is 9. The maximum atomic E-state index is 6.75. The van der Waals surface area contributed by atoms with Crippen LogP contribution in [-0.2, 0) is 0 Å². The topological polar surface area (TPSA) is 69.7 Å². The van der Waals surface area contributed by atoms with E-state index in [1.165, 1.54) is 0 Å². The number of hydrogen-bond donors (Lipinski definition) is 0. The molecule has 2 aromatic heterocycles. The Bertz CT molecular complexity index is 3290. The first-order valence-corrected chi connectivity index (χ1v) is 19.9. The van der Waals surface area contributed by atoms with Gasteiger partial charge in [0.1, 0.15) is 22.3 Å². The molecule has 0 aliphatic carbocycles. The summed E-state index contributed by atoms with van der Waals surface area (Å²) in [5.74, 6) is 2.98. The largest absolute Gasteiger partial charge is 0.455 e. The van der Waals surface area contributed by atoms with E-state index in [1.54, 1.807) is 0 Å². The Balaban J connectivity index is 0.933. The molecule has 0 N–H and O–H groups in total. The van der Waals surface area contributed by atoms with Crippen molar-refractivity contribution < 1.29 is 27.8 Å². The molecule has 8 heteroatoms. The van der Waals surface area contributed by atoms with Crippen LogP contribution < -0.4 is 28.7 Å². The summed E-state index contributed by atoms with van der Waals surface area (Å²) in [5.41, 5.74) is 9.40. The fourth-order valence-electron chi connectivity index (χ4n) is 9.06. The number of para-hydroxylation sites is 2. The number of fused-ring (bicyclic) bond motifs is 13. The molecule has 0 saturated carbocycles. The molecule has 4 heterocycles. The van der Waals surface area contributed by atoms with Crippen molar-refractivity contribution in [2.24, 2.45) is 0 Å². The number of anilines is 6. The van der Waals surface area contributed by atoms with Crippen molar-refractivity contribution in [3.05, 3.63) is 170 Å². The normalized spacial score (nSPS) is 13.1. The number of ether oxygens (including phenoxy) is 4. The summed E-state index contributed by atoms with van der Waals surface area (Å²) >= 11 is 0. The molecular formula is C52H32N2O6. The molecule has 0 unspecified atom stereocenters.